The number of nitrogens with zero attached hydrogens (tertiary/aromatic N) is 4. The first-order chi connectivity index (χ1) is 10.7. The van der Waals surface area contributed by atoms with Gasteiger partial charge in [0, 0.05) is 0 Å². The van der Waals surface area contributed by atoms with Crippen LogP contribution in [0.5, 0.6) is 5.75 Å². The van der Waals surface area contributed by atoms with Crippen molar-refractivity contribution in [2.45, 2.75) is 0 Å². The lowest BCUT2D eigenvalue weighted by molar-refractivity contribution is 0.405. The van der Waals surface area contributed by atoms with E-state index in [0.717, 1.165) is 6.20 Å². The summed E-state index contributed by atoms with van der Waals surface area (Å²) in [4.78, 5) is 8.10. The second-order valence-electron chi connectivity index (χ2n) is 4.31. The lowest BCUT2D eigenvalue weighted by atomic mass is 10.1. The molecule has 0 N–H and O–H groups in total. The summed E-state index contributed by atoms with van der Waals surface area (Å²) in [6, 6.07) is 9.61. The predicted octanol–water partition coefficient (Wildman–Crippen LogP) is 2.82. The molecule has 3 aromatic rings. The van der Waals surface area contributed by atoms with Crippen LogP contribution in [0.1, 0.15) is 5.56 Å². The molecule has 0 bridgehead atoms. The van der Waals surface area contributed by atoms with E-state index in [2.05, 4.69) is 15.1 Å². The molecule has 3 rings (SSSR count). The van der Waals surface area contributed by atoms with Gasteiger partial charge in [0.15, 0.2) is 0 Å². The summed E-state index contributed by atoms with van der Waals surface area (Å²) in [5.41, 5.74) is 1.32. The number of ether oxygens (including phenoxy) is 1. The molecule has 0 unspecified atom stereocenters. The van der Waals surface area contributed by atoms with Crippen molar-refractivity contribution in [2.75, 3.05) is 7.11 Å². The van der Waals surface area contributed by atoms with Crippen molar-refractivity contribution in [3.05, 3.63) is 47.9 Å². The Hall–Kier alpha value is -3.27. The second kappa shape index (κ2) is 5.61. The van der Waals surface area contributed by atoms with Crippen molar-refractivity contribution in [3.8, 4) is 34.8 Å². The molecule has 22 heavy (non-hydrogen) atoms. The van der Waals surface area contributed by atoms with Crippen molar-refractivity contribution in [1.29, 1.82) is 5.26 Å². The molecular formula is C15H9FN4O2. The standard InChI is InChI=1S/C15H9FN4O2/c1-21-13-5-2-9(7-17)6-11(13)15-19-14(20-22-15)12-4-3-10(16)8-18-12/h2-6,8H,1H3. The molecule has 0 aliphatic rings. The molecule has 0 spiro atoms. The van der Waals surface area contributed by atoms with Gasteiger partial charge in [-0.05, 0) is 30.3 Å². The fourth-order valence-corrected chi connectivity index (χ4v) is 1.89. The summed E-state index contributed by atoms with van der Waals surface area (Å²) in [6.45, 7) is 0. The molecule has 0 aliphatic carbocycles. The molecule has 6 nitrogen and oxygen atoms in total. The summed E-state index contributed by atoms with van der Waals surface area (Å²) < 4.78 is 23.3. The van der Waals surface area contributed by atoms with E-state index in [0.29, 0.717) is 22.6 Å². The Morgan fingerprint density at radius 1 is 1.27 bits per heavy atom. The van der Waals surface area contributed by atoms with Crippen molar-refractivity contribution in [2.24, 2.45) is 0 Å². The van der Waals surface area contributed by atoms with E-state index in [1.165, 1.54) is 19.2 Å². The van der Waals surface area contributed by atoms with Gasteiger partial charge in [-0.25, -0.2) is 9.37 Å². The van der Waals surface area contributed by atoms with E-state index in [-0.39, 0.29) is 11.7 Å². The molecule has 2 heterocycles. The van der Waals surface area contributed by atoms with Crippen LogP contribution in [-0.4, -0.2) is 22.2 Å². The number of pyridine rings is 1. The SMILES string of the molecule is COc1ccc(C#N)cc1-c1nc(-c2ccc(F)cn2)no1. The normalized spacial score (nSPS) is 10.2. The summed E-state index contributed by atoms with van der Waals surface area (Å²) in [5.74, 6) is 0.464. The van der Waals surface area contributed by atoms with Crippen LogP contribution < -0.4 is 4.74 Å². The number of halogens is 1. The second-order valence-corrected chi connectivity index (χ2v) is 4.31. The molecule has 0 aliphatic heterocycles. The van der Waals surface area contributed by atoms with Gasteiger partial charge in [-0.15, -0.1) is 0 Å². The summed E-state index contributed by atoms with van der Waals surface area (Å²) in [6.07, 6.45) is 1.07. The average molecular weight is 296 g/mol. The third kappa shape index (κ3) is 2.50. The zero-order valence-corrected chi connectivity index (χ0v) is 11.4. The highest BCUT2D eigenvalue weighted by molar-refractivity contribution is 5.66. The molecule has 108 valence electrons. The van der Waals surface area contributed by atoms with Gasteiger partial charge in [0.1, 0.15) is 17.3 Å². The molecule has 0 saturated carbocycles. The van der Waals surface area contributed by atoms with Crippen molar-refractivity contribution in [3.63, 3.8) is 0 Å². The largest absolute Gasteiger partial charge is 0.496 e. The smallest absolute Gasteiger partial charge is 0.262 e. The lowest BCUT2D eigenvalue weighted by Crippen LogP contribution is -1.90. The van der Waals surface area contributed by atoms with Crippen LogP contribution >= 0.6 is 0 Å². The van der Waals surface area contributed by atoms with Gasteiger partial charge in [0.2, 0.25) is 5.82 Å². The zero-order chi connectivity index (χ0) is 15.5. The number of hydrogen-bond acceptors (Lipinski definition) is 6. The Kier molecular flexibility index (Phi) is 3.50. The maximum absolute atomic E-state index is 12.9. The molecule has 0 radical (unpaired) electrons. The van der Waals surface area contributed by atoms with Gasteiger partial charge in [-0.3, -0.25) is 0 Å². The van der Waals surface area contributed by atoms with Crippen LogP contribution in [-0.2, 0) is 0 Å². The Morgan fingerprint density at radius 3 is 2.82 bits per heavy atom. The van der Waals surface area contributed by atoms with Crippen LogP contribution in [0.3, 0.4) is 0 Å². The molecular weight excluding hydrogens is 287 g/mol. The minimum absolute atomic E-state index is 0.190. The van der Waals surface area contributed by atoms with E-state index < -0.39 is 5.82 Å². The van der Waals surface area contributed by atoms with Gasteiger partial charge in [0.05, 0.1) is 30.5 Å². The third-order valence-electron chi connectivity index (χ3n) is 2.94. The van der Waals surface area contributed by atoms with Crippen LogP contribution in [0.2, 0.25) is 0 Å². The molecule has 0 amide bonds. The highest BCUT2D eigenvalue weighted by Gasteiger charge is 2.16. The Labute approximate surface area is 124 Å². The first-order valence-corrected chi connectivity index (χ1v) is 6.25. The van der Waals surface area contributed by atoms with Gasteiger partial charge in [0.25, 0.3) is 5.89 Å². The maximum atomic E-state index is 12.9. The summed E-state index contributed by atoms with van der Waals surface area (Å²) in [5, 5.41) is 12.8. The zero-order valence-electron chi connectivity index (χ0n) is 11.4. The van der Waals surface area contributed by atoms with Crippen molar-refractivity contribution >= 4 is 0 Å². The number of rotatable bonds is 3. The minimum Gasteiger partial charge on any atom is -0.496 e. The number of benzene rings is 1. The molecule has 0 saturated heterocycles. The van der Waals surface area contributed by atoms with Crippen molar-refractivity contribution in [1.82, 2.24) is 15.1 Å². The maximum Gasteiger partial charge on any atom is 0.262 e. The third-order valence-corrected chi connectivity index (χ3v) is 2.94. The Balaban J connectivity index is 2.04. The van der Waals surface area contributed by atoms with E-state index >= 15 is 0 Å². The molecule has 0 atom stereocenters. The van der Waals surface area contributed by atoms with Crippen LogP contribution in [0.15, 0.2) is 41.1 Å². The van der Waals surface area contributed by atoms with E-state index in [9.17, 15) is 4.39 Å². The van der Waals surface area contributed by atoms with E-state index in [4.69, 9.17) is 14.5 Å². The summed E-state index contributed by atoms with van der Waals surface area (Å²) in [7, 11) is 1.50. The van der Waals surface area contributed by atoms with Gasteiger partial charge >= 0.3 is 0 Å². The molecule has 0 fully saturated rings. The topological polar surface area (TPSA) is 84.8 Å². The monoisotopic (exact) mass is 296 g/mol. The average Bonchev–Trinajstić information content (AvgIpc) is 3.04. The van der Waals surface area contributed by atoms with Crippen LogP contribution in [0.25, 0.3) is 23.0 Å². The van der Waals surface area contributed by atoms with Crippen LogP contribution in [0.4, 0.5) is 4.39 Å². The van der Waals surface area contributed by atoms with Crippen LogP contribution in [0, 0.1) is 17.1 Å². The molecule has 7 heteroatoms. The number of aromatic nitrogens is 3. The number of methoxy groups -OCH3 is 1. The first-order valence-electron chi connectivity index (χ1n) is 6.25. The Bertz CT molecular complexity index is 853. The van der Waals surface area contributed by atoms with Crippen molar-refractivity contribution < 1.29 is 13.7 Å². The van der Waals surface area contributed by atoms with Gasteiger partial charge in [-0.2, -0.15) is 10.2 Å². The fraction of sp³-hybridized carbons (Fsp3) is 0.0667. The van der Waals surface area contributed by atoms with E-state index in [1.807, 2.05) is 6.07 Å². The van der Waals surface area contributed by atoms with Gasteiger partial charge < -0.3 is 9.26 Å². The predicted molar refractivity (Wildman–Crippen MR) is 74.2 cm³/mol. The fourth-order valence-electron chi connectivity index (χ4n) is 1.89. The lowest BCUT2D eigenvalue weighted by Gasteiger charge is -2.04. The minimum atomic E-state index is -0.448. The highest BCUT2D eigenvalue weighted by Crippen LogP contribution is 2.30. The molecule has 1 aromatic carbocycles. The number of hydrogen-bond donors (Lipinski definition) is 0. The quantitative estimate of drug-likeness (QED) is 0.738. The number of nitriles is 1. The Morgan fingerprint density at radius 2 is 2.14 bits per heavy atom. The summed E-state index contributed by atoms with van der Waals surface area (Å²) >= 11 is 0. The van der Waals surface area contributed by atoms with Gasteiger partial charge in [-0.1, -0.05) is 5.16 Å². The van der Waals surface area contributed by atoms with E-state index in [1.54, 1.807) is 18.2 Å². The molecule has 2 aromatic heterocycles. The first kappa shape index (κ1) is 13.7. The highest BCUT2D eigenvalue weighted by atomic mass is 19.1.